The van der Waals surface area contributed by atoms with E-state index in [0.717, 1.165) is 18.7 Å². The van der Waals surface area contributed by atoms with Crippen LogP contribution in [0.4, 0.5) is 5.69 Å². The van der Waals surface area contributed by atoms with Crippen LogP contribution in [0.1, 0.15) is 5.56 Å². The zero-order valence-electron chi connectivity index (χ0n) is 10.3. The van der Waals surface area contributed by atoms with E-state index in [1.165, 1.54) is 12.1 Å². The van der Waals surface area contributed by atoms with Crippen LogP contribution in [0.3, 0.4) is 0 Å². The number of rotatable bonds is 2. The fourth-order valence-electron chi connectivity index (χ4n) is 2.27. The quantitative estimate of drug-likeness (QED) is 0.599. The average molecular weight is 262 g/mol. The van der Waals surface area contributed by atoms with E-state index in [1.807, 2.05) is 12.2 Å². The molecule has 0 saturated carbocycles. The Hall–Kier alpha value is -1.92. The second kappa shape index (κ2) is 4.99. The molecule has 0 spiro atoms. The van der Waals surface area contributed by atoms with Crippen LogP contribution < -0.4 is 4.74 Å². The first kappa shape index (κ1) is 12.1. The molecule has 6 nitrogen and oxygen atoms in total. The molecule has 0 amide bonds. The number of non-ortho nitro benzene ring substituents is 1. The van der Waals surface area contributed by atoms with Crippen LogP contribution in [0.25, 0.3) is 6.08 Å². The van der Waals surface area contributed by atoms with Crippen molar-refractivity contribution in [2.45, 2.75) is 6.23 Å². The van der Waals surface area contributed by atoms with Crippen molar-refractivity contribution in [2.75, 3.05) is 26.3 Å². The summed E-state index contributed by atoms with van der Waals surface area (Å²) in [5.41, 5.74) is 0.829. The van der Waals surface area contributed by atoms with E-state index in [4.69, 9.17) is 9.47 Å². The Morgan fingerprint density at radius 1 is 1.32 bits per heavy atom. The largest absolute Gasteiger partial charge is 0.471 e. The standard InChI is InChI=1S/C13H14N2O4/c16-15(17)11-2-3-12-10(9-11)1-4-13(19-12)14-5-7-18-8-6-14/h1-4,9,13H,5-8H2. The number of nitrogens with zero attached hydrogens (tertiary/aromatic N) is 2. The number of ether oxygens (including phenoxy) is 2. The summed E-state index contributed by atoms with van der Waals surface area (Å²) >= 11 is 0. The van der Waals surface area contributed by atoms with Crippen LogP contribution in [0.2, 0.25) is 0 Å². The molecule has 0 radical (unpaired) electrons. The van der Waals surface area contributed by atoms with Gasteiger partial charge in [0.05, 0.1) is 18.1 Å². The molecule has 1 fully saturated rings. The SMILES string of the molecule is O=[N+]([O-])c1ccc2c(c1)C=CC(N1CCOCC1)O2. The minimum Gasteiger partial charge on any atom is -0.471 e. The molecule has 0 aromatic heterocycles. The van der Waals surface area contributed by atoms with Gasteiger partial charge in [-0.1, -0.05) is 0 Å². The van der Waals surface area contributed by atoms with Crippen LogP contribution in [-0.2, 0) is 4.74 Å². The summed E-state index contributed by atoms with van der Waals surface area (Å²) < 4.78 is 11.2. The molecule has 2 aliphatic heterocycles. The predicted octanol–water partition coefficient (Wildman–Crippen LogP) is 1.66. The zero-order valence-corrected chi connectivity index (χ0v) is 10.3. The Morgan fingerprint density at radius 2 is 2.11 bits per heavy atom. The molecular formula is C13H14N2O4. The van der Waals surface area contributed by atoms with Gasteiger partial charge in [0.1, 0.15) is 5.75 Å². The lowest BCUT2D eigenvalue weighted by atomic mass is 10.1. The lowest BCUT2D eigenvalue weighted by Crippen LogP contribution is -2.45. The summed E-state index contributed by atoms with van der Waals surface area (Å²) in [6.45, 7) is 3.08. The summed E-state index contributed by atoms with van der Waals surface area (Å²) in [6, 6.07) is 4.65. The van der Waals surface area contributed by atoms with Gasteiger partial charge in [0, 0.05) is 30.8 Å². The van der Waals surface area contributed by atoms with Gasteiger partial charge in [0.25, 0.3) is 5.69 Å². The number of hydrogen-bond donors (Lipinski definition) is 0. The van der Waals surface area contributed by atoms with E-state index in [2.05, 4.69) is 4.90 Å². The highest BCUT2D eigenvalue weighted by atomic mass is 16.6. The lowest BCUT2D eigenvalue weighted by molar-refractivity contribution is -0.384. The molecule has 0 bridgehead atoms. The van der Waals surface area contributed by atoms with Crippen molar-refractivity contribution in [3.8, 4) is 5.75 Å². The first-order valence-corrected chi connectivity index (χ1v) is 6.19. The van der Waals surface area contributed by atoms with E-state index in [-0.39, 0.29) is 11.9 Å². The fourth-order valence-corrected chi connectivity index (χ4v) is 2.27. The van der Waals surface area contributed by atoms with Gasteiger partial charge in [0.2, 0.25) is 0 Å². The second-order valence-corrected chi connectivity index (χ2v) is 4.50. The number of nitro groups is 1. The van der Waals surface area contributed by atoms with E-state index < -0.39 is 4.92 Å². The summed E-state index contributed by atoms with van der Waals surface area (Å²) in [5.74, 6) is 0.685. The van der Waals surface area contributed by atoms with Crippen molar-refractivity contribution in [3.05, 3.63) is 40.0 Å². The molecule has 2 aliphatic rings. The minimum atomic E-state index is -0.401. The molecule has 1 aromatic carbocycles. The molecule has 0 N–H and O–H groups in total. The molecular weight excluding hydrogens is 248 g/mol. The number of morpholine rings is 1. The Bertz CT molecular complexity index is 523. The van der Waals surface area contributed by atoms with Crippen molar-refractivity contribution >= 4 is 11.8 Å². The summed E-state index contributed by atoms with van der Waals surface area (Å²) in [6.07, 6.45) is 3.70. The van der Waals surface area contributed by atoms with Gasteiger partial charge < -0.3 is 9.47 Å². The average Bonchev–Trinajstić information content (AvgIpc) is 2.47. The summed E-state index contributed by atoms with van der Waals surface area (Å²) in [5, 5.41) is 10.7. The van der Waals surface area contributed by atoms with Crippen LogP contribution in [0.15, 0.2) is 24.3 Å². The second-order valence-electron chi connectivity index (χ2n) is 4.50. The van der Waals surface area contributed by atoms with Gasteiger partial charge in [-0.05, 0) is 18.2 Å². The molecule has 1 unspecified atom stereocenters. The molecule has 2 heterocycles. The van der Waals surface area contributed by atoms with Crippen molar-refractivity contribution in [1.82, 2.24) is 4.90 Å². The van der Waals surface area contributed by atoms with E-state index in [0.29, 0.717) is 19.0 Å². The molecule has 1 atom stereocenters. The van der Waals surface area contributed by atoms with E-state index >= 15 is 0 Å². The zero-order chi connectivity index (χ0) is 13.2. The summed E-state index contributed by atoms with van der Waals surface area (Å²) in [7, 11) is 0. The third-order valence-corrected chi connectivity index (χ3v) is 3.30. The minimum absolute atomic E-state index is 0.0804. The number of nitro benzene ring substituents is 1. The van der Waals surface area contributed by atoms with Gasteiger partial charge in [-0.3, -0.25) is 15.0 Å². The van der Waals surface area contributed by atoms with Crippen molar-refractivity contribution < 1.29 is 14.4 Å². The van der Waals surface area contributed by atoms with Crippen molar-refractivity contribution in [1.29, 1.82) is 0 Å². The third kappa shape index (κ3) is 2.45. The number of hydrogen-bond acceptors (Lipinski definition) is 5. The molecule has 0 aliphatic carbocycles. The Labute approximate surface area is 110 Å². The highest BCUT2D eigenvalue weighted by Gasteiger charge is 2.24. The summed E-state index contributed by atoms with van der Waals surface area (Å²) in [4.78, 5) is 12.5. The molecule has 19 heavy (non-hydrogen) atoms. The number of benzene rings is 1. The highest BCUT2D eigenvalue weighted by Crippen LogP contribution is 2.30. The van der Waals surface area contributed by atoms with E-state index in [9.17, 15) is 10.1 Å². The van der Waals surface area contributed by atoms with Crippen LogP contribution >= 0.6 is 0 Å². The molecule has 100 valence electrons. The first-order chi connectivity index (χ1) is 9.24. The Balaban J connectivity index is 1.79. The van der Waals surface area contributed by atoms with Crippen molar-refractivity contribution in [3.63, 3.8) is 0 Å². The maximum Gasteiger partial charge on any atom is 0.270 e. The van der Waals surface area contributed by atoms with Crippen LogP contribution in [0, 0.1) is 10.1 Å². The number of fused-ring (bicyclic) bond motifs is 1. The van der Waals surface area contributed by atoms with Gasteiger partial charge >= 0.3 is 0 Å². The van der Waals surface area contributed by atoms with E-state index in [1.54, 1.807) is 6.07 Å². The predicted molar refractivity (Wildman–Crippen MR) is 68.9 cm³/mol. The Morgan fingerprint density at radius 3 is 2.84 bits per heavy atom. The van der Waals surface area contributed by atoms with Gasteiger partial charge in [-0.2, -0.15) is 0 Å². The van der Waals surface area contributed by atoms with Crippen LogP contribution in [-0.4, -0.2) is 42.4 Å². The van der Waals surface area contributed by atoms with Gasteiger partial charge in [-0.15, -0.1) is 0 Å². The van der Waals surface area contributed by atoms with Gasteiger partial charge in [0.15, 0.2) is 6.23 Å². The fraction of sp³-hybridized carbons (Fsp3) is 0.385. The Kier molecular flexibility index (Phi) is 3.18. The highest BCUT2D eigenvalue weighted by molar-refractivity contribution is 5.63. The maximum atomic E-state index is 10.7. The smallest absolute Gasteiger partial charge is 0.270 e. The van der Waals surface area contributed by atoms with Crippen LogP contribution in [0.5, 0.6) is 5.75 Å². The normalized spacial score (nSPS) is 22.6. The van der Waals surface area contributed by atoms with Crippen molar-refractivity contribution in [2.24, 2.45) is 0 Å². The molecule has 3 rings (SSSR count). The monoisotopic (exact) mass is 262 g/mol. The molecule has 1 aromatic rings. The third-order valence-electron chi connectivity index (χ3n) is 3.30. The molecule has 6 heteroatoms. The maximum absolute atomic E-state index is 10.7. The van der Waals surface area contributed by atoms with Gasteiger partial charge in [-0.25, -0.2) is 0 Å². The molecule has 1 saturated heterocycles. The topological polar surface area (TPSA) is 64.8 Å². The lowest BCUT2D eigenvalue weighted by Gasteiger charge is -2.34. The first-order valence-electron chi connectivity index (χ1n) is 6.19.